The van der Waals surface area contributed by atoms with Gasteiger partial charge in [0.05, 0.1) is 5.56 Å². The van der Waals surface area contributed by atoms with Gasteiger partial charge in [-0.1, -0.05) is 0 Å². The van der Waals surface area contributed by atoms with Gasteiger partial charge in [0.25, 0.3) is 0 Å². The SMILES string of the molecule is Nc1ccc(Oc2ccc(C(F)(F)F)cc2F)cc1. The molecule has 0 saturated heterocycles. The van der Waals surface area contributed by atoms with Gasteiger partial charge in [-0.05, 0) is 42.5 Å². The van der Waals surface area contributed by atoms with Gasteiger partial charge in [-0.2, -0.15) is 13.2 Å². The number of hydrogen-bond acceptors (Lipinski definition) is 2. The third-order valence-electron chi connectivity index (χ3n) is 2.37. The minimum atomic E-state index is -4.58. The Morgan fingerprint density at radius 2 is 1.58 bits per heavy atom. The van der Waals surface area contributed by atoms with Gasteiger partial charge in [0.15, 0.2) is 11.6 Å². The van der Waals surface area contributed by atoms with Crippen molar-refractivity contribution in [1.82, 2.24) is 0 Å². The molecule has 19 heavy (non-hydrogen) atoms. The fourth-order valence-electron chi connectivity index (χ4n) is 1.42. The predicted molar refractivity (Wildman–Crippen MR) is 62.3 cm³/mol. The largest absolute Gasteiger partial charge is 0.454 e. The van der Waals surface area contributed by atoms with Crippen LogP contribution in [-0.2, 0) is 6.18 Å². The third kappa shape index (κ3) is 3.15. The Labute approximate surface area is 106 Å². The molecular weight excluding hydrogens is 262 g/mol. The van der Waals surface area contributed by atoms with Crippen LogP contribution in [0.5, 0.6) is 11.5 Å². The summed E-state index contributed by atoms with van der Waals surface area (Å²) in [6.45, 7) is 0. The molecule has 2 aromatic carbocycles. The minimum Gasteiger partial charge on any atom is -0.454 e. The average molecular weight is 271 g/mol. The van der Waals surface area contributed by atoms with Crippen LogP contribution < -0.4 is 10.5 Å². The highest BCUT2D eigenvalue weighted by Crippen LogP contribution is 2.33. The average Bonchev–Trinajstić information content (AvgIpc) is 2.33. The summed E-state index contributed by atoms with van der Waals surface area (Å²) in [7, 11) is 0. The first-order chi connectivity index (χ1) is 8.86. The van der Waals surface area contributed by atoms with E-state index in [-0.39, 0.29) is 11.5 Å². The van der Waals surface area contributed by atoms with Crippen LogP contribution in [0.1, 0.15) is 5.56 Å². The van der Waals surface area contributed by atoms with Crippen molar-refractivity contribution in [1.29, 1.82) is 0 Å². The summed E-state index contributed by atoms with van der Waals surface area (Å²) >= 11 is 0. The Morgan fingerprint density at radius 1 is 0.947 bits per heavy atom. The second-order valence-electron chi connectivity index (χ2n) is 3.81. The molecule has 0 aliphatic rings. The maximum absolute atomic E-state index is 13.5. The number of anilines is 1. The Morgan fingerprint density at radius 3 is 2.11 bits per heavy atom. The molecule has 100 valence electrons. The molecule has 0 fully saturated rings. The van der Waals surface area contributed by atoms with E-state index in [1.165, 1.54) is 24.3 Å². The number of hydrogen-bond donors (Lipinski definition) is 1. The number of nitrogen functional groups attached to an aromatic ring is 1. The minimum absolute atomic E-state index is 0.280. The fourth-order valence-corrected chi connectivity index (χ4v) is 1.42. The molecule has 0 saturated carbocycles. The zero-order chi connectivity index (χ0) is 14.0. The van der Waals surface area contributed by atoms with Crippen LogP contribution in [0.4, 0.5) is 23.2 Å². The summed E-state index contributed by atoms with van der Waals surface area (Å²) in [6, 6.07) is 8.16. The maximum atomic E-state index is 13.5. The van der Waals surface area contributed by atoms with E-state index in [0.29, 0.717) is 11.8 Å². The van der Waals surface area contributed by atoms with Crippen molar-refractivity contribution in [2.75, 3.05) is 5.73 Å². The Kier molecular flexibility index (Phi) is 3.33. The van der Waals surface area contributed by atoms with E-state index in [1.807, 2.05) is 0 Å². The molecule has 2 aromatic rings. The van der Waals surface area contributed by atoms with Gasteiger partial charge >= 0.3 is 6.18 Å². The normalized spacial score (nSPS) is 11.4. The molecule has 2 rings (SSSR count). The molecule has 0 aliphatic heterocycles. The van der Waals surface area contributed by atoms with Crippen molar-refractivity contribution in [3.63, 3.8) is 0 Å². The van der Waals surface area contributed by atoms with E-state index in [2.05, 4.69) is 0 Å². The molecule has 2 nitrogen and oxygen atoms in total. The lowest BCUT2D eigenvalue weighted by Gasteiger charge is -2.10. The van der Waals surface area contributed by atoms with E-state index in [1.54, 1.807) is 0 Å². The maximum Gasteiger partial charge on any atom is 0.416 e. The summed E-state index contributed by atoms with van der Waals surface area (Å²) in [5, 5.41) is 0. The predicted octanol–water partition coefficient (Wildman–Crippen LogP) is 4.22. The van der Waals surface area contributed by atoms with Gasteiger partial charge in [0, 0.05) is 5.69 Å². The van der Waals surface area contributed by atoms with Crippen LogP contribution in [0.3, 0.4) is 0 Å². The van der Waals surface area contributed by atoms with Crippen molar-refractivity contribution in [3.8, 4) is 11.5 Å². The smallest absolute Gasteiger partial charge is 0.416 e. The summed E-state index contributed by atoms with van der Waals surface area (Å²) < 4.78 is 55.7. The molecular formula is C13H9F4NO. The Hall–Kier alpha value is -2.24. The molecule has 6 heteroatoms. The lowest BCUT2D eigenvalue weighted by atomic mass is 10.2. The quantitative estimate of drug-likeness (QED) is 0.655. The Bertz CT molecular complexity index is 578. The van der Waals surface area contributed by atoms with E-state index in [4.69, 9.17) is 10.5 Å². The highest BCUT2D eigenvalue weighted by molar-refractivity contribution is 5.43. The second kappa shape index (κ2) is 4.79. The van der Waals surface area contributed by atoms with Crippen LogP contribution >= 0.6 is 0 Å². The van der Waals surface area contributed by atoms with Crippen LogP contribution in [0, 0.1) is 5.82 Å². The van der Waals surface area contributed by atoms with E-state index in [9.17, 15) is 17.6 Å². The van der Waals surface area contributed by atoms with E-state index < -0.39 is 17.6 Å². The highest BCUT2D eigenvalue weighted by atomic mass is 19.4. The topological polar surface area (TPSA) is 35.2 Å². The van der Waals surface area contributed by atoms with Crippen LogP contribution in [0.2, 0.25) is 0 Å². The van der Waals surface area contributed by atoms with Crippen molar-refractivity contribution >= 4 is 5.69 Å². The van der Waals surface area contributed by atoms with Crippen LogP contribution in [0.25, 0.3) is 0 Å². The van der Waals surface area contributed by atoms with Gasteiger partial charge in [-0.15, -0.1) is 0 Å². The molecule has 0 amide bonds. The molecule has 0 bridgehead atoms. The summed E-state index contributed by atoms with van der Waals surface area (Å²) in [5.41, 5.74) is 4.90. The van der Waals surface area contributed by atoms with Gasteiger partial charge in [-0.3, -0.25) is 0 Å². The van der Waals surface area contributed by atoms with Crippen molar-refractivity contribution in [3.05, 3.63) is 53.8 Å². The third-order valence-corrected chi connectivity index (χ3v) is 2.37. The van der Waals surface area contributed by atoms with Gasteiger partial charge in [0.2, 0.25) is 0 Å². The van der Waals surface area contributed by atoms with Gasteiger partial charge < -0.3 is 10.5 Å². The van der Waals surface area contributed by atoms with Crippen molar-refractivity contribution in [2.24, 2.45) is 0 Å². The zero-order valence-corrected chi connectivity index (χ0v) is 9.54. The van der Waals surface area contributed by atoms with E-state index in [0.717, 1.165) is 12.1 Å². The first kappa shape index (κ1) is 13.2. The first-order valence-corrected chi connectivity index (χ1v) is 5.26. The van der Waals surface area contributed by atoms with Gasteiger partial charge in [0.1, 0.15) is 5.75 Å². The van der Waals surface area contributed by atoms with Crippen LogP contribution in [0.15, 0.2) is 42.5 Å². The molecule has 0 heterocycles. The molecule has 0 unspecified atom stereocenters. The fraction of sp³-hybridized carbons (Fsp3) is 0.0769. The number of ether oxygens (including phenoxy) is 1. The van der Waals surface area contributed by atoms with Crippen molar-refractivity contribution < 1.29 is 22.3 Å². The standard InChI is InChI=1S/C13H9F4NO/c14-11-7-8(13(15,16)17)1-6-12(11)19-10-4-2-9(18)3-5-10/h1-7H,18H2. The zero-order valence-electron chi connectivity index (χ0n) is 9.54. The number of benzene rings is 2. The van der Waals surface area contributed by atoms with Gasteiger partial charge in [-0.25, -0.2) is 4.39 Å². The molecule has 0 spiro atoms. The second-order valence-corrected chi connectivity index (χ2v) is 3.81. The van der Waals surface area contributed by atoms with Crippen molar-refractivity contribution in [2.45, 2.75) is 6.18 Å². The molecule has 0 aromatic heterocycles. The molecule has 2 N–H and O–H groups in total. The van der Waals surface area contributed by atoms with E-state index >= 15 is 0 Å². The lowest BCUT2D eigenvalue weighted by Crippen LogP contribution is -2.05. The number of nitrogens with two attached hydrogens (primary N) is 1. The summed E-state index contributed by atoms with van der Waals surface area (Å²) in [6.07, 6.45) is -4.58. The number of rotatable bonds is 2. The Balaban J connectivity index is 2.24. The molecule has 0 radical (unpaired) electrons. The summed E-state index contributed by atoms with van der Waals surface area (Å²) in [5.74, 6) is -1.07. The summed E-state index contributed by atoms with van der Waals surface area (Å²) in [4.78, 5) is 0. The van der Waals surface area contributed by atoms with Crippen LogP contribution in [-0.4, -0.2) is 0 Å². The first-order valence-electron chi connectivity index (χ1n) is 5.26. The molecule has 0 atom stereocenters. The number of halogens is 4. The monoisotopic (exact) mass is 271 g/mol. The molecule has 0 aliphatic carbocycles. The lowest BCUT2D eigenvalue weighted by molar-refractivity contribution is -0.137. The highest BCUT2D eigenvalue weighted by Gasteiger charge is 2.31. The number of alkyl halides is 3.